The fourth-order valence-corrected chi connectivity index (χ4v) is 2.57. The number of H-pyrrole nitrogens is 1. The number of aromatic amines is 1. The smallest absolute Gasteiger partial charge is 0.325 e. The highest BCUT2D eigenvalue weighted by atomic mass is 35.5. The molecule has 0 spiro atoms. The molecule has 7 nitrogen and oxygen atoms in total. The molecule has 23 heavy (non-hydrogen) atoms. The number of carbonyl (C=O) groups excluding carboxylic acids is 2. The zero-order valence-corrected chi connectivity index (χ0v) is 14.7. The van der Waals surface area contributed by atoms with E-state index in [0.29, 0.717) is 25.4 Å². The Balaban J connectivity index is 0.00000264. The minimum Gasteiger partial charge on any atom is -0.465 e. The van der Waals surface area contributed by atoms with E-state index < -0.39 is 0 Å². The number of nitrogens with zero attached hydrogens (tertiary/aromatic N) is 2. The lowest BCUT2D eigenvalue weighted by Gasteiger charge is -2.23. The summed E-state index contributed by atoms with van der Waals surface area (Å²) in [5.74, 6) is -0.353. The largest absolute Gasteiger partial charge is 0.465 e. The third-order valence-corrected chi connectivity index (χ3v) is 3.51. The Morgan fingerprint density at radius 1 is 1.39 bits per heavy atom. The van der Waals surface area contributed by atoms with Crippen molar-refractivity contribution in [2.45, 2.75) is 33.7 Å². The van der Waals surface area contributed by atoms with Crippen LogP contribution in [-0.4, -0.2) is 53.2 Å². The maximum atomic E-state index is 12.8. The summed E-state index contributed by atoms with van der Waals surface area (Å²) in [5.41, 5.74) is 2.32. The van der Waals surface area contributed by atoms with Gasteiger partial charge in [0.25, 0.3) is 5.91 Å². The first-order valence-electron chi connectivity index (χ1n) is 7.74. The molecule has 0 bridgehead atoms. The second kappa shape index (κ2) is 8.88. The van der Waals surface area contributed by atoms with Crippen LogP contribution in [0.5, 0.6) is 0 Å². The van der Waals surface area contributed by atoms with E-state index in [0.717, 1.165) is 24.2 Å². The third-order valence-electron chi connectivity index (χ3n) is 3.51. The van der Waals surface area contributed by atoms with Gasteiger partial charge in [0, 0.05) is 37.3 Å². The van der Waals surface area contributed by atoms with Crippen LogP contribution in [0.25, 0.3) is 0 Å². The van der Waals surface area contributed by atoms with E-state index in [2.05, 4.69) is 15.5 Å². The summed E-state index contributed by atoms with van der Waals surface area (Å²) in [6.07, 6.45) is 0.831. The lowest BCUT2D eigenvalue weighted by molar-refractivity contribution is -0.143. The number of aromatic nitrogens is 2. The molecule has 8 heteroatoms. The van der Waals surface area contributed by atoms with Crippen molar-refractivity contribution in [3.8, 4) is 0 Å². The van der Waals surface area contributed by atoms with Gasteiger partial charge in [-0.1, -0.05) is 13.8 Å². The molecule has 130 valence electrons. The van der Waals surface area contributed by atoms with Crippen LogP contribution in [0.2, 0.25) is 0 Å². The van der Waals surface area contributed by atoms with E-state index in [-0.39, 0.29) is 36.7 Å². The predicted octanol–water partition coefficient (Wildman–Crippen LogP) is 1.14. The fraction of sp³-hybridized carbons (Fsp3) is 0.667. The Bertz CT molecular complexity index is 545. The van der Waals surface area contributed by atoms with E-state index in [4.69, 9.17) is 4.74 Å². The second-order valence-corrected chi connectivity index (χ2v) is 5.84. The van der Waals surface area contributed by atoms with Crippen LogP contribution >= 0.6 is 12.4 Å². The van der Waals surface area contributed by atoms with Crippen LogP contribution in [-0.2, 0) is 22.5 Å². The van der Waals surface area contributed by atoms with Gasteiger partial charge in [0.15, 0.2) is 5.69 Å². The Morgan fingerprint density at radius 2 is 2.13 bits per heavy atom. The first kappa shape index (κ1) is 19.4. The van der Waals surface area contributed by atoms with Crippen molar-refractivity contribution in [3.63, 3.8) is 0 Å². The Hall–Kier alpha value is -1.60. The van der Waals surface area contributed by atoms with Crippen molar-refractivity contribution in [1.29, 1.82) is 0 Å². The van der Waals surface area contributed by atoms with Crippen LogP contribution in [0.3, 0.4) is 0 Å². The topological polar surface area (TPSA) is 87.3 Å². The minimum absolute atomic E-state index is 0. The molecule has 2 N–H and O–H groups in total. The molecule has 0 unspecified atom stereocenters. The molecule has 0 aliphatic carbocycles. The summed E-state index contributed by atoms with van der Waals surface area (Å²) in [7, 11) is 0. The highest BCUT2D eigenvalue weighted by molar-refractivity contribution is 5.95. The summed E-state index contributed by atoms with van der Waals surface area (Å²) in [4.78, 5) is 26.0. The molecule has 1 aliphatic heterocycles. The maximum Gasteiger partial charge on any atom is 0.325 e. The van der Waals surface area contributed by atoms with Crippen molar-refractivity contribution >= 4 is 24.3 Å². The zero-order chi connectivity index (χ0) is 16.1. The Morgan fingerprint density at radius 3 is 2.78 bits per heavy atom. The number of amides is 1. The van der Waals surface area contributed by atoms with Gasteiger partial charge in [-0.25, -0.2) is 0 Å². The first-order chi connectivity index (χ1) is 10.5. The maximum absolute atomic E-state index is 12.8. The number of carbonyl (C=O) groups is 2. The Labute approximate surface area is 142 Å². The van der Waals surface area contributed by atoms with Gasteiger partial charge >= 0.3 is 5.97 Å². The van der Waals surface area contributed by atoms with E-state index in [1.165, 1.54) is 4.90 Å². The number of ether oxygens (including phenoxy) is 1. The quantitative estimate of drug-likeness (QED) is 0.756. The number of halogens is 1. The van der Waals surface area contributed by atoms with Gasteiger partial charge in [0.05, 0.1) is 6.61 Å². The molecule has 0 fully saturated rings. The van der Waals surface area contributed by atoms with Gasteiger partial charge < -0.3 is 15.0 Å². The number of hydrogen-bond donors (Lipinski definition) is 2. The van der Waals surface area contributed by atoms with Crippen molar-refractivity contribution in [2.24, 2.45) is 5.92 Å². The molecule has 0 saturated carbocycles. The normalized spacial score (nSPS) is 13.2. The molecule has 1 aliphatic rings. The number of esters is 1. The predicted molar refractivity (Wildman–Crippen MR) is 88.6 cm³/mol. The van der Waals surface area contributed by atoms with Crippen LogP contribution < -0.4 is 5.32 Å². The summed E-state index contributed by atoms with van der Waals surface area (Å²) >= 11 is 0. The summed E-state index contributed by atoms with van der Waals surface area (Å²) in [6, 6.07) is 0. The second-order valence-electron chi connectivity index (χ2n) is 5.84. The molecular formula is C15H25ClN4O3. The van der Waals surface area contributed by atoms with Gasteiger partial charge in [-0.05, 0) is 12.8 Å². The molecule has 2 rings (SSSR count). The Kier molecular flexibility index (Phi) is 7.51. The lowest BCUT2D eigenvalue weighted by Crippen LogP contribution is -2.40. The van der Waals surface area contributed by atoms with Crippen LogP contribution in [0.1, 0.15) is 42.5 Å². The van der Waals surface area contributed by atoms with Crippen molar-refractivity contribution in [2.75, 3.05) is 26.2 Å². The van der Waals surface area contributed by atoms with E-state index >= 15 is 0 Å². The zero-order valence-electron chi connectivity index (χ0n) is 13.8. The number of nitrogens with one attached hydrogen (secondary N) is 2. The highest BCUT2D eigenvalue weighted by Crippen LogP contribution is 2.17. The number of rotatable bonds is 6. The monoisotopic (exact) mass is 344 g/mol. The molecule has 0 radical (unpaired) electrons. The average molecular weight is 345 g/mol. The summed E-state index contributed by atoms with van der Waals surface area (Å²) < 4.78 is 4.96. The molecule has 1 aromatic heterocycles. The van der Waals surface area contributed by atoms with Crippen LogP contribution in [0, 0.1) is 5.92 Å². The van der Waals surface area contributed by atoms with Crippen molar-refractivity contribution in [3.05, 3.63) is 17.0 Å². The van der Waals surface area contributed by atoms with Crippen molar-refractivity contribution in [1.82, 2.24) is 20.4 Å². The van der Waals surface area contributed by atoms with Crippen LogP contribution in [0.4, 0.5) is 0 Å². The summed E-state index contributed by atoms with van der Waals surface area (Å²) in [6.45, 7) is 8.03. The molecule has 0 aromatic carbocycles. The molecule has 1 aromatic rings. The molecule has 0 saturated heterocycles. The van der Waals surface area contributed by atoms with Gasteiger partial charge in [-0.15, -0.1) is 12.4 Å². The van der Waals surface area contributed by atoms with E-state index in [1.54, 1.807) is 6.92 Å². The van der Waals surface area contributed by atoms with Crippen molar-refractivity contribution < 1.29 is 14.3 Å². The van der Waals surface area contributed by atoms with Gasteiger partial charge in [0.2, 0.25) is 0 Å². The van der Waals surface area contributed by atoms with Crippen LogP contribution in [0.15, 0.2) is 0 Å². The minimum atomic E-state index is -0.390. The lowest BCUT2D eigenvalue weighted by atomic mass is 10.1. The number of fused-ring (bicyclic) bond motifs is 1. The third kappa shape index (κ3) is 4.94. The SMILES string of the molecule is CCOC(=O)CN(CC(C)C)C(=O)c1n[nH]c2c1CNCC2.Cl. The molecule has 2 heterocycles. The van der Waals surface area contributed by atoms with Gasteiger partial charge in [0.1, 0.15) is 6.54 Å². The molecular weight excluding hydrogens is 320 g/mol. The molecule has 0 atom stereocenters. The van der Waals surface area contributed by atoms with E-state index in [9.17, 15) is 9.59 Å². The number of hydrogen-bond acceptors (Lipinski definition) is 5. The molecule has 1 amide bonds. The fourth-order valence-electron chi connectivity index (χ4n) is 2.57. The highest BCUT2D eigenvalue weighted by Gasteiger charge is 2.27. The average Bonchev–Trinajstić information content (AvgIpc) is 2.89. The standard InChI is InChI=1S/C15H24N4O3.ClH/c1-4-22-13(20)9-19(8-10(2)3)15(21)14-11-7-16-6-5-12(11)17-18-14;/h10,16H,4-9H2,1-3H3,(H,17,18);1H. The van der Waals surface area contributed by atoms with E-state index in [1.807, 2.05) is 13.8 Å². The first-order valence-corrected chi connectivity index (χ1v) is 7.74. The van der Waals surface area contributed by atoms with Gasteiger partial charge in [-0.3, -0.25) is 14.7 Å². The van der Waals surface area contributed by atoms with Gasteiger partial charge in [-0.2, -0.15) is 5.10 Å². The summed E-state index contributed by atoms with van der Waals surface area (Å²) in [5, 5.41) is 10.4.